The molecule has 0 amide bonds. The predicted octanol–water partition coefficient (Wildman–Crippen LogP) is 1.95. The van der Waals surface area contributed by atoms with Crippen LogP contribution < -0.4 is 5.73 Å². The summed E-state index contributed by atoms with van der Waals surface area (Å²) in [4.78, 5) is 13.7. The van der Waals surface area contributed by atoms with Crippen molar-refractivity contribution in [1.29, 1.82) is 0 Å². The Balaban J connectivity index is 3.32. The summed E-state index contributed by atoms with van der Waals surface area (Å²) in [5, 5.41) is 8.24. The number of nitrogen functional groups attached to an aromatic ring is 1. The fourth-order valence-electron chi connectivity index (χ4n) is 0.875. The van der Waals surface area contributed by atoms with E-state index in [1.54, 1.807) is 0 Å². The number of hydrogen-bond acceptors (Lipinski definition) is 3. The van der Waals surface area contributed by atoms with Crippen LogP contribution in [-0.2, 0) is 0 Å². The summed E-state index contributed by atoms with van der Waals surface area (Å²) in [7, 11) is 0. The predicted molar refractivity (Wildman–Crippen MR) is 45.6 cm³/mol. The molecule has 0 aliphatic rings. The summed E-state index contributed by atoms with van der Waals surface area (Å²) in [5.74, 6) is -1.92. The minimum atomic E-state index is -2.84. The number of aromatic nitrogens is 1. The van der Waals surface area contributed by atoms with Gasteiger partial charge in [-0.15, -0.1) is 0 Å². The van der Waals surface area contributed by atoms with Crippen LogP contribution in [0.1, 0.15) is 22.5 Å². The van der Waals surface area contributed by atoms with Crippen molar-refractivity contribution in [3.05, 3.63) is 22.3 Å². The normalized spacial score (nSPS) is 10.6. The van der Waals surface area contributed by atoms with Crippen molar-refractivity contribution in [2.24, 2.45) is 0 Å². The van der Waals surface area contributed by atoms with E-state index >= 15 is 0 Å². The number of halogens is 3. The highest BCUT2D eigenvalue weighted by Crippen LogP contribution is 2.26. The molecule has 14 heavy (non-hydrogen) atoms. The fraction of sp³-hybridized carbons (Fsp3) is 0.143. The first-order valence-corrected chi connectivity index (χ1v) is 3.78. The summed E-state index contributed by atoms with van der Waals surface area (Å²) in [6, 6.07) is 0.784. The highest BCUT2D eigenvalue weighted by Gasteiger charge is 2.19. The van der Waals surface area contributed by atoms with Crippen LogP contribution in [0.3, 0.4) is 0 Å². The Morgan fingerprint density at radius 2 is 2.21 bits per heavy atom. The van der Waals surface area contributed by atoms with Gasteiger partial charge in [0.25, 0.3) is 6.43 Å². The minimum absolute atomic E-state index is 0.347. The number of nitrogens with zero attached hydrogens (tertiary/aromatic N) is 1. The average molecular weight is 223 g/mol. The van der Waals surface area contributed by atoms with Crippen molar-refractivity contribution < 1.29 is 18.7 Å². The van der Waals surface area contributed by atoms with E-state index in [1.165, 1.54) is 0 Å². The second-order valence-corrected chi connectivity index (χ2v) is 2.80. The molecule has 1 aromatic rings. The van der Waals surface area contributed by atoms with Gasteiger partial charge in [-0.05, 0) is 6.07 Å². The van der Waals surface area contributed by atoms with Gasteiger partial charge in [0.05, 0.1) is 5.02 Å². The molecule has 0 bridgehead atoms. The van der Waals surface area contributed by atoms with Crippen LogP contribution in [0.15, 0.2) is 6.07 Å². The maximum Gasteiger partial charge on any atom is 0.340 e. The van der Waals surface area contributed by atoms with E-state index in [-0.39, 0.29) is 5.02 Å². The second-order valence-electron chi connectivity index (χ2n) is 2.40. The molecule has 3 N–H and O–H groups in total. The first kappa shape index (κ1) is 10.6. The van der Waals surface area contributed by atoms with Crippen LogP contribution in [-0.4, -0.2) is 16.1 Å². The van der Waals surface area contributed by atoms with Gasteiger partial charge in [-0.25, -0.2) is 18.6 Å². The molecule has 0 fully saturated rings. The Labute approximate surface area is 82.3 Å². The van der Waals surface area contributed by atoms with E-state index < -0.39 is 29.5 Å². The molecule has 0 aliphatic carbocycles. The van der Waals surface area contributed by atoms with E-state index in [2.05, 4.69) is 4.98 Å². The molecular formula is C7H5ClF2N2O2. The van der Waals surface area contributed by atoms with E-state index in [9.17, 15) is 13.6 Å². The van der Waals surface area contributed by atoms with Gasteiger partial charge in [0, 0.05) is 0 Å². The largest absolute Gasteiger partial charge is 0.478 e. The molecule has 1 rings (SSSR count). The van der Waals surface area contributed by atoms with Crippen LogP contribution >= 0.6 is 11.6 Å². The van der Waals surface area contributed by atoms with Crippen molar-refractivity contribution in [3.8, 4) is 0 Å². The Bertz CT molecular complexity index is 361. The van der Waals surface area contributed by atoms with Gasteiger partial charge in [0.1, 0.15) is 17.1 Å². The molecule has 0 spiro atoms. The smallest absolute Gasteiger partial charge is 0.340 e. The molecule has 76 valence electrons. The number of carbonyl (C=O) groups is 1. The van der Waals surface area contributed by atoms with E-state index in [4.69, 9.17) is 22.4 Å². The monoisotopic (exact) mass is 222 g/mol. The van der Waals surface area contributed by atoms with Gasteiger partial charge >= 0.3 is 5.97 Å². The average Bonchev–Trinajstić information content (AvgIpc) is 2.01. The van der Waals surface area contributed by atoms with Crippen LogP contribution in [0.25, 0.3) is 0 Å². The van der Waals surface area contributed by atoms with Gasteiger partial charge in [0.15, 0.2) is 0 Å². The van der Waals surface area contributed by atoms with Gasteiger partial charge in [0.2, 0.25) is 0 Å². The second kappa shape index (κ2) is 3.75. The molecular weight excluding hydrogens is 218 g/mol. The van der Waals surface area contributed by atoms with Crippen LogP contribution in [0.4, 0.5) is 14.6 Å². The number of rotatable bonds is 2. The number of pyridine rings is 1. The lowest BCUT2D eigenvalue weighted by Crippen LogP contribution is -2.07. The molecule has 0 saturated carbocycles. The molecule has 7 heteroatoms. The van der Waals surface area contributed by atoms with Crippen molar-refractivity contribution in [1.82, 2.24) is 4.98 Å². The molecule has 1 heterocycles. The molecule has 0 saturated heterocycles. The number of hydrogen-bond donors (Lipinski definition) is 2. The zero-order valence-electron chi connectivity index (χ0n) is 6.67. The SMILES string of the molecule is Nc1nc(C(F)F)cc(Cl)c1C(=O)O. The molecule has 4 nitrogen and oxygen atoms in total. The number of nitrogens with two attached hydrogens (primary N) is 1. The van der Waals surface area contributed by atoms with E-state index in [1.807, 2.05) is 0 Å². The Morgan fingerprint density at radius 3 is 2.57 bits per heavy atom. The number of carboxylic acid groups (broad SMARTS) is 1. The molecule has 0 aliphatic heterocycles. The lowest BCUT2D eigenvalue weighted by atomic mass is 10.2. The number of aromatic carboxylic acids is 1. The van der Waals surface area contributed by atoms with Gasteiger partial charge < -0.3 is 10.8 Å². The van der Waals surface area contributed by atoms with Gasteiger partial charge in [-0.2, -0.15) is 0 Å². The van der Waals surface area contributed by atoms with Gasteiger partial charge in [-0.3, -0.25) is 0 Å². The minimum Gasteiger partial charge on any atom is -0.478 e. The van der Waals surface area contributed by atoms with Crippen molar-refractivity contribution in [2.45, 2.75) is 6.43 Å². The van der Waals surface area contributed by atoms with Crippen LogP contribution in [0, 0.1) is 0 Å². The van der Waals surface area contributed by atoms with E-state index in [0.29, 0.717) is 0 Å². The first-order chi connectivity index (χ1) is 6.43. The van der Waals surface area contributed by atoms with Crippen LogP contribution in [0.2, 0.25) is 5.02 Å². The molecule has 1 aromatic heterocycles. The Kier molecular flexibility index (Phi) is 2.85. The fourth-order valence-corrected chi connectivity index (χ4v) is 1.16. The van der Waals surface area contributed by atoms with Gasteiger partial charge in [-0.1, -0.05) is 11.6 Å². The molecule has 0 radical (unpaired) electrons. The lowest BCUT2D eigenvalue weighted by molar-refractivity contribution is 0.0697. The van der Waals surface area contributed by atoms with Crippen LogP contribution in [0.5, 0.6) is 0 Å². The standard InChI is InChI=1S/C7H5ClF2N2O2/c8-2-1-3(5(9)10)12-6(11)4(2)7(13)14/h1,5H,(H2,11,12)(H,13,14). The maximum absolute atomic E-state index is 12.1. The summed E-state index contributed by atoms with van der Waals surface area (Å²) < 4.78 is 24.3. The van der Waals surface area contributed by atoms with Crippen molar-refractivity contribution >= 4 is 23.4 Å². The lowest BCUT2D eigenvalue weighted by Gasteiger charge is -2.05. The number of alkyl halides is 2. The summed E-state index contributed by atoms with van der Waals surface area (Å²) in [5.41, 5.74) is 4.05. The first-order valence-electron chi connectivity index (χ1n) is 3.41. The molecule has 0 atom stereocenters. The van der Waals surface area contributed by atoms with E-state index in [0.717, 1.165) is 6.07 Å². The van der Waals surface area contributed by atoms with Crippen molar-refractivity contribution in [3.63, 3.8) is 0 Å². The topological polar surface area (TPSA) is 76.2 Å². The third-order valence-corrected chi connectivity index (χ3v) is 1.75. The Morgan fingerprint density at radius 1 is 1.64 bits per heavy atom. The molecule has 0 unspecified atom stereocenters. The third kappa shape index (κ3) is 1.90. The Hall–Kier alpha value is -1.43. The number of carboxylic acids is 1. The third-order valence-electron chi connectivity index (χ3n) is 1.46. The van der Waals surface area contributed by atoms with Crippen molar-refractivity contribution in [2.75, 3.05) is 5.73 Å². The maximum atomic E-state index is 12.1. The summed E-state index contributed by atoms with van der Waals surface area (Å²) >= 11 is 5.44. The molecule has 0 aromatic carbocycles. The number of anilines is 1. The highest BCUT2D eigenvalue weighted by atomic mass is 35.5. The zero-order valence-corrected chi connectivity index (χ0v) is 7.42. The highest BCUT2D eigenvalue weighted by molar-refractivity contribution is 6.34. The quantitative estimate of drug-likeness (QED) is 0.802. The summed E-state index contributed by atoms with van der Waals surface area (Å²) in [6.45, 7) is 0. The zero-order chi connectivity index (χ0) is 10.9. The summed E-state index contributed by atoms with van der Waals surface area (Å²) in [6.07, 6.45) is -2.84.